The molecule has 380 valence electrons. The van der Waals surface area contributed by atoms with Crippen molar-refractivity contribution < 1.29 is 18.5 Å². The van der Waals surface area contributed by atoms with Gasteiger partial charge in [-0.3, -0.25) is 4.90 Å². The van der Waals surface area contributed by atoms with E-state index in [1.807, 2.05) is 50.8 Å². The number of rotatable bonds is 16. The van der Waals surface area contributed by atoms with E-state index in [0.717, 1.165) is 135 Å². The molecule has 0 unspecified atom stereocenters. The highest BCUT2D eigenvalue weighted by Crippen LogP contribution is 2.42. The number of aromatic amines is 2. The van der Waals surface area contributed by atoms with Crippen molar-refractivity contribution in [1.29, 1.82) is 0 Å². The minimum atomic E-state index is -0.458. The van der Waals surface area contributed by atoms with Crippen LogP contribution in [0.15, 0.2) is 66.9 Å². The normalized spacial score (nSPS) is 22.1. The second kappa shape index (κ2) is 26.0. The molecule has 5 aromatic rings. The Bertz CT molecular complexity index is 2290. The molecule has 0 aliphatic carbocycles. The number of hydroxylamine groups is 2. The Hall–Kier alpha value is -4.60. The van der Waals surface area contributed by atoms with E-state index in [1.54, 1.807) is 26.4 Å². The van der Waals surface area contributed by atoms with E-state index in [1.165, 1.54) is 6.42 Å². The third-order valence-electron chi connectivity index (χ3n) is 14.5. The summed E-state index contributed by atoms with van der Waals surface area (Å²) in [6.07, 6.45) is 11.7. The van der Waals surface area contributed by atoms with Crippen LogP contribution in [0.5, 0.6) is 0 Å². The molecule has 3 aromatic carbocycles. The zero-order valence-electron chi connectivity index (χ0n) is 43.5. The number of anilines is 2. The van der Waals surface area contributed by atoms with Gasteiger partial charge in [-0.1, -0.05) is 66.3 Å². The zero-order chi connectivity index (χ0) is 49.6. The van der Waals surface area contributed by atoms with E-state index in [9.17, 15) is 0 Å². The summed E-state index contributed by atoms with van der Waals surface area (Å²) in [5.41, 5.74) is 13.1. The Morgan fingerprint density at radius 3 is 2.06 bits per heavy atom. The number of aromatic nitrogens is 4. The fraction of sp³-hybridized carbons (Fsp3) is 0.600. The number of nitrogens with one attached hydrogen (secondary N) is 4. The van der Waals surface area contributed by atoms with Crippen LogP contribution < -0.4 is 20.8 Å². The first-order chi connectivity index (χ1) is 33.5. The van der Waals surface area contributed by atoms with E-state index < -0.39 is 11.6 Å². The van der Waals surface area contributed by atoms with E-state index in [0.29, 0.717) is 30.2 Å². The van der Waals surface area contributed by atoms with Crippen LogP contribution in [-0.2, 0) is 9.68 Å². The summed E-state index contributed by atoms with van der Waals surface area (Å²) in [6.45, 7) is 25.3. The highest BCUT2D eigenvalue weighted by atomic mass is 19.1. The number of hydrogen-bond donors (Lipinski definition) is 4. The third-order valence-corrected chi connectivity index (χ3v) is 14.5. The maximum atomic E-state index is 15.7. The van der Waals surface area contributed by atoms with Crippen molar-refractivity contribution in [1.82, 2.24) is 40.7 Å². The molecule has 4 fully saturated rings. The Balaban J connectivity index is 0.000000271. The maximum absolute atomic E-state index is 15.7. The van der Waals surface area contributed by atoms with Gasteiger partial charge in [0.25, 0.3) is 0 Å². The second-order valence-electron chi connectivity index (χ2n) is 19.1. The molecule has 14 heteroatoms. The lowest BCUT2D eigenvalue weighted by atomic mass is 9.96. The topological polar surface area (TPSA) is 113 Å². The number of halogens is 2. The molecule has 0 spiro atoms. The Kier molecular flexibility index (Phi) is 20.3. The first-order valence-corrected chi connectivity index (χ1v) is 26.3. The van der Waals surface area contributed by atoms with Crippen molar-refractivity contribution in [2.24, 2.45) is 5.92 Å². The highest BCUT2D eigenvalue weighted by Gasteiger charge is 2.34. The summed E-state index contributed by atoms with van der Waals surface area (Å²) in [6, 6.07) is 19.0. The molecule has 0 saturated carbocycles. The zero-order valence-corrected chi connectivity index (χ0v) is 43.5. The van der Waals surface area contributed by atoms with E-state index in [2.05, 4.69) is 94.2 Å². The molecule has 0 radical (unpaired) electrons. The molecule has 0 bridgehead atoms. The van der Waals surface area contributed by atoms with Gasteiger partial charge in [0.2, 0.25) is 0 Å². The minimum absolute atomic E-state index is 0.0659. The number of H-pyrrole nitrogens is 2. The molecule has 69 heavy (non-hydrogen) atoms. The van der Waals surface area contributed by atoms with E-state index in [-0.39, 0.29) is 29.9 Å². The smallest absolute Gasteiger partial charge is 0.151 e. The molecule has 0 amide bonds. The average molecular weight is 955 g/mol. The molecular formula is C55H84F2N10O2. The monoisotopic (exact) mass is 955 g/mol. The molecule has 4 aliphatic rings. The molecular weight excluding hydrogens is 871 g/mol. The SMILES string of the molecule is C=C(CNOC)N1CCC[C@H]1c1nc2ccccc2[nH]1.CC.CC.CON[C@H](CCCN1CCC[C@H]1c1nc2ccc([C@H]3CCCN3c3cc(F)c(N4[C@H](C)CCC[C@@H]4C)c(F)c3)cc2[nH]1)C(C)C. The largest absolute Gasteiger partial charge is 0.364 e. The number of likely N-dealkylation sites (tertiary alicyclic amines) is 2. The van der Waals surface area contributed by atoms with Crippen molar-refractivity contribution in [2.45, 2.75) is 162 Å². The fourth-order valence-electron chi connectivity index (χ4n) is 11.1. The second-order valence-corrected chi connectivity index (χ2v) is 19.1. The molecule has 9 rings (SSSR count). The minimum Gasteiger partial charge on any atom is -0.364 e. The maximum Gasteiger partial charge on any atom is 0.151 e. The number of hydrogen-bond acceptors (Lipinski definition) is 10. The van der Waals surface area contributed by atoms with Crippen molar-refractivity contribution in [3.05, 3.63) is 95.7 Å². The van der Waals surface area contributed by atoms with Crippen LogP contribution in [0.1, 0.15) is 161 Å². The van der Waals surface area contributed by atoms with Crippen LogP contribution in [0.2, 0.25) is 0 Å². The van der Waals surface area contributed by atoms with Gasteiger partial charge in [0.15, 0.2) is 11.6 Å². The van der Waals surface area contributed by atoms with E-state index in [4.69, 9.17) is 19.6 Å². The van der Waals surface area contributed by atoms with Crippen LogP contribution in [0.4, 0.5) is 20.2 Å². The van der Waals surface area contributed by atoms with Gasteiger partial charge in [0.1, 0.15) is 17.3 Å². The fourth-order valence-corrected chi connectivity index (χ4v) is 11.1. The molecule has 6 atom stereocenters. The molecule has 6 heterocycles. The van der Waals surface area contributed by atoms with Crippen LogP contribution >= 0.6 is 0 Å². The number of imidazole rings is 2. The number of piperidine rings is 1. The van der Waals surface area contributed by atoms with Gasteiger partial charge >= 0.3 is 0 Å². The lowest BCUT2D eigenvalue weighted by molar-refractivity contribution is 0.0415. The van der Waals surface area contributed by atoms with Gasteiger partial charge in [0.05, 0.1) is 61.0 Å². The molecule has 12 nitrogen and oxygen atoms in total. The van der Waals surface area contributed by atoms with Gasteiger partial charge in [-0.05, 0) is 145 Å². The summed E-state index contributed by atoms with van der Waals surface area (Å²) < 4.78 is 31.3. The number of nitrogens with zero attached hydrogens (tertiary/aromatic N) is 6. The van der Waals surface area contributed by atoms with Gasteiger partial charge in [-0.25, -0.2) is 18.7 Å². The summed E-state index contributed by atoms with van der Waals surface area (Å²) >= 11 is 0. The van der Waals surface area contributed by atoms with Gasteiger partial charge in [-0.2, -0.15) is 11.0 Å². The van der Waals surface area contributed by atoms with Crippen LogP contribution in [-0.4, -0.2) is 94.8 Å². The molecule has 4 N–H and O–H groups in total. The first kappa shape index (κ1) is 53.7. The van der Waals surface area contributed by atoms with Crippen LogP contribution in [0.3, 0.4) is 0 Å². The number of para-hydroxylation sites is 2. The Labute approximate surface area is 411 Å². The number of fused-ring (bicyclic) bond motifs is 2. The predicted molar refractivity (Wildman–Crippen MR) is 280 cm³/mol. The predicted octanol–water partition coefficient (Wildman–Crippen LogP) is 12.5. The lowest BCUT2D eigenvalue weighted by Gasteiger charge is -2.41. The van der Waals surface area contributed by atoms with E-state index >= 15 is 8.78 Å². The van der Waals surface area contributed by atoms with Crippen molar-refractivity contribution in [3.8, 4) is 0 Å². The van der Waals surface area contributed by atoms with Crippen molar-refractivity contribution in [2.75, 3.05) is 56.7 Å². The first-order valence-electron chi connectivity index (χ1n) is 26.3. The highest BCUT2D eigenvalue weighted by molar-refractivity contribution is 5.77. The van der Waals surface area contributed by atoms with Gasteiger partial charge in [-0.15, -0.1) is 0 Å². The lowest BCUT2D eigenvalue weighted by Crippen LogP contribution is -2.44. The number of benzene rings is 3. The van der Waals surface area contributed by atoms with Crippen molar-refractivity contribution >= 4 is 33.4 Å². The molecule has 4 saturated heterocycles. The van der Waals surface area contributed by atoms with Gasteiger partial charge in [0, 0.05) is 42.6 Å². The summed E-state index contributed by atoms with van der Waals surface area (Å²) in [4.78, 5) is 36.0. The molecule has 2 aromatic heterocycles. The van der Waals surface area contributed by atoms with Gasteiger partial charge < -0.3 is 34.3 Å². The third kappa shape index (κ3) is 12.8. The Morgan fingerprint density at radius 1 is 0.754 bits per heavy atom. The van der Waals surface area contributed by atoms with Crippen molar-refractivity contribution in [3.63, 3.8) is 0 Å². The van der Waals surface area contributed by atoms with Crippen LogP contribution in [0.25, 0.3) is 22.1 Å². The summed E-state index contributed by atoms with van der Waals surface area (Å²) in [5, 5.41) is 0. The summed E-state index contributed by atoms with van der Waals surface area (Å²) in [5.74, 6) is 1.67. The average Bonchev–Trinajstić information content (AvgIpc) is 4.22. The quantitative estimate of drug-likeness (QED) is 0.0713. The summed E-state index contributed by atoms with van der Waals surface area (Å²) in [7, 11) is 3.31. The van der Waals surface area contributed by atoms with Crippen LogP contribution in [0, 0.1) is 17.6 Å². The Morgan fingerprint density at radius 2 is 1.38 bits per heavy atom. The standard InChI is InChI=1S/C36H52F2N6O.C15H20N4O.2C2H6/c1-23(2)30(41-45-5)12-7-17-42-18-8-14-34(42)36-39-31-16-15-26(20-32(31)40-36)33-13-9-19-43(33)27-21-28(37)35(29(38)22-27)44-24(3)10-6-11-25(44)4;1-11(10-16-20-2)19-9-5-8-14(19)15-17-12-6-3-4-7-13(12)18-15;2*1-2/h15-16,20-25,30,33-34,41H,6-14,17-19H2,1-5H3,(H,39,40);3-4,6-7,14,16H,1,5,8-10H2,2H3,(H,17,18);2*1-2H3/t24-,25+,30-,33-,34+;14-;;/m10../s1. The molecule has 4 aliphatic heterocycles.